The van der Waals surface area contributed by atoms with E-state index < -0.39 is 6.67 Å². The Bertz CT molecular complexity index is 499. The highest BCUT2D eigenvalue weighted by atomic mass is 35.5. The topological polar surface area (TPSA) is 12.0 Å². The van der Waals surface area contributed by atoms with Gasteiger partial charge in [0.25, 0.3) is 0 Å². The van der Waals surface area contributed by atoms with Gasteiger partial charge in [0, 0.05) is 17.3 Å². The molecule has 0 amide bonds. The largest absolute Gasteiger partial charge is 0.381 e. The molecule has 0 atom stereocenters. The van der Waals surface area contributed by atoms with Crippen molar-refractivity contribution < 1.29 is 4.39 Å². The van der Waals surface area contributed by atoms with Crippen LogP contribution >= 0.6 is 11.6 Å². The summed E-state index contributed by atoms with van der Waals surface area (Å²) in [5, 5.41) is 3.96. The average molecular weight is 250 g/mol. The molecule has 0 fully saturated rings. The Kier molecular flexibility index (Phi) is 3.99. The zero-order chi connectivity index (χ0) is 12.1. The molecule has 0 bridgehead atoms. The van der Waals surface area contributed by atoms with E-state index in [1.165, 1.54) is 0 Å². The van der Waals surface area contributed by atoms with E-state index in [-0.39, 0.29) is 0 Å². The molecule has 0 aliphatic rings. The molecule has 0 saturated carbocycles. The van der Waals surface area contributed by atoms with Gasteiger partial charge < -0.3 is 5.32 Å². The highest BCUT2D eigenvalue weighted by molar-refractivity contribution is 6.30. The molecule has 0 aliphatic carbocycles. The first-order chi connectivity index (χ1) is 8.28. The van der Waals surface area contributed by atoms with Crippen LogP contribution in [0.2, 0.25) is 5.02 Å². The van der Waals surface area contributed by atoms with Gasteiger partial charge in [-0.3, -0.25) is 0 Å². The van der Waals surface area contributed by atoms with Gasteiger partial charge in [0.05, 0.1) is 0 Å². The summed E-state index contributed by atoms with van der Waals surface area (Å²) in [4.78, 5) is 0. The molecule has 17 heavy (non-hydrogen) atoms. The van der Waals surface area contributed by atoms with Gasteiger partial charge in [-0.25, -0.2) is 4.39 Å². The number of rotatable bonds is 4. The molecule has 0 spiro atoms. The predicted molar refractivity (Wildman–Crippen MR) is 70.0 cm³/mol. The molecule has 0 radical (unpaired) electrons. The van der Waals surface area contributed by atoms with E-state index in [1.54, 1.807) is 6.07 Å². The lowest BCUT2D eigenvalue weighted by Crippen LogP contribution is -1.99. The van der Waals surface area contributed by atoms with E-state index in [9.17, 15) is 4.39 Å². The minimum Gasteiger partial charge on any atom is -0.381 e. The molecular weight excluding hydrogens is 237 g/mol. The number of halogens is 2. The number of hydrogen-bond acceptors (Lipinski definition) is 1. The lowest BCUT2D eigenvalue weighted by atomic mass is 10.2. The summed E-state index contributed by atoms with van der Waals surface area (Å²) in [6.45, 7) is 0.239. The quantitative estimate of drug-likeness (QED) is 0.846. The van der Waals surface area contributed by atoms with Gasteiger partial charge in [0.2, 0.25) is 0 Å². The van der Waals surface area contributed by atoms with Crippen LogP contribution in [0, 0.1) is 0 Å². The third-order valence-electron chi connectivity index (χ3n) is 2.47. The maximum Gasteiger partial charge on any atom is 0.115 e. The van der Waals surface area contributed by atoms with Crippen molar-refractivity contribution in [2.75, 3.05) is 5.32 Å². The fourth-order valence-corrected chi connectivity index (χ4v) is 1.83. The SMILES string of the molecule is FCc1cccc(NCc2cccc(Cl)c2)c1. The van der Waals surface area contributed by atoms with E-state index >= 15 is 0 Å². The van der Waals surface area contributed by atoms with Crippen LogP contribution in [-0.2, 0) is 13.2 Å². The molecule has 3 heteroatoms. The molecule has 2 aromatic rings. The van der Waals surface area contributed by atoms with Crippen molar-refractivity contribution in [2.24, 2.45) is 0 Å². The fourth-order valence-electron chi connectivity index (χ4n) is 1.62. The Morgan fingerprint density at radius 3 is 2.53 bits per heavy atom. The normalized spacial score (nSPS) is 10.2. The maximum atomic E-state index is 12.5. The van der Waals surface area contributed by atoms with Gasteiger partial charge in [-0.2, -0.15) is 0 Å². The minimum absolute atomic E-state index is 0.438. The second-order valence-electron chi connectivity index (χ2n) is 3.82. The summed E-state index contributed by atoms with van der Waals surface area (Å²) in [5.74, 6) is 0. The summed E-state index contributed by atoms with van der Waals surface area (Å²) >= 11 is 5.90. The van der Waals surface area contributed by atoms with Crippen LogP contribution in [0.1, 0.15) is 11.1 Å². The van der Waals surface area contributed by atoms with Crippen molar-refractivity contribution in [1.29, 1.82) is 0 Å². The minimum atomic E-state index is -0.438. The molecule has 0 aromatic heterocycles. The van der Waals surface area contributed by atoms with Crippen molar-refractivity contribution >= 4 is 17.3 Å². The summed E-state index contributed by atoms with van der Waals surface area (Å²) in [6, 6.07) is 15.0. The van der Waals surface area contributed by atoms with Crippen molar-refractivity contribution in [2.45, 2.75) is 13.2 Å². The molecular formula is C14H13ClFN. The fraction of sp³-hybridized carbons (Fsp3) is 0.143. The lowest BCUT2D eigenvalue weighted by Gasteiger charge is -2.07. The van der Waals surface area contributed by atoms with Crippen molar-refractivity contribution in [1.82, 2.24) is 0 Å². The zero-order valence-corrected chi connectivity index (χ0v) is 10.0. The van der Waals surface area contributed by atoms with Crippen molar-refractivity contribution in [3.8, 4) is 0 Å². The number of hydrogen-bond donors (Lipinski definition) is 1. The Hall–Kier alpha value is -1.54. The zero-order valence-electron chi connectivity index (χ0n) is 9.29. The predicted octanol–water partition coefficient (Wildman–Crippen LogP) is 4.42. The first kappa shape index (κ1) is 11.9. The van der Waals surface area contributed by atoms with Crippen LogP contribution in [0.3, 0.4) is 0 Å². The smallest absolute Gasteiger partial charge is 0.115 e. The first-order valence-corrected chi connectivity index (χ1v) is 5.79. The second-order valence-corrected chi connectivity index (χ2v) is 4.25. The standard InChI is InChI=1S/C14H13ClFN/c15-13-5-1-4-12(7-13)10-17-14-6-2-3-11(8-14)9-16/h1-8,17H,9-10H2. The molecule has 0 saturated heterocycles. The Labute approximate surface area is 105 Å². The van der Waals surface area contributed by atoms with Crippen LogP contribution in [-0.4, -0.2) is 0 Å². The van der Waals surface area contributed by atoms with E-state index in [0.717, 1.165) is 16.3 Å². The molecule has 0 aliphatic heterocycles. The monoisotopic (exact) mass is 249 g/mol. The summed E-state index contributed by atoms with van der Waals surface area (Å²) < 4.78 is 12.5. The summed E-state index contributed by atoms with van der Waals surface area (Å²) in [7, 11) is 0. The molecule has 2 rings (SSSR count). The van der Waals surface area contributed by atoms with Crippen LogP contribution in [0.5, 0.6) is 0 Å². The number of nitrogens with one attached hydrogen (secondary N) is 1. The Morgan fingerprint density at radius 1 is 1.00 bits per heavy atom. The van der Waals surface area contributed by atoms with E-state index in [1.807, 2.05) is 42.5 Å². The molecule has 88 valence electrons. The molecule has 2 aromatic carbocycles. The van der Waals surface area contributed by atoms with Gasteiger partial charge in [0.15, 0.2) is 0 Å². The highest BCUT2D eigenvalue weighted by Gasteiger charge is 1.97. The summed E-state index contributed by atoms with van der Waals surface area (Å²) in [5.41, 5.74) is 2.70. The lowest BCUT2D eigenvalue weighted by molar-refractivity contribution is 0.485. The second kappa shape index (κ2) is 5.69. The van der Waals surface area contributed by atoms with Crippen LogP contribution in [0.15, 0.2) is 48.5 Å². The van der Waals surface area contributed by atoms with Crippen LogP contribution in [0.4, 0.5) is 10.1 Å². The van der Waals surface area contributed by atoms with E-state index in [4.69, 9.17) is 11.6 Å². The van der Waals surface area contributed by atoms with E-state index in [0.29, 0.717) is 12.1 Å². The van der Waals surface area contributed by atoms with Gasteiger partial charge in [-0.15, -0.1) is 0 Å². The molecule has 1 N–H and O–H groups in total. The molecule has 0 unspecified atom stereocenters. The van der Waals surface area contributed by atoms with Gasteiger partial charge >= 0.3 is 0 Å². The summed E-state index contributed by atoms with van der Waals surface area (Å²) in [6.07, 6.45) is 0. The van der Waals surface area contributed by atoms with Gasteiger partial charge in [-0.05, 0) is 35.4 Å². The van der Waals surface area contributed by atoms with Gasteiger partial charge in [-0.1, -0.05) is 35.9 Å². The van der Waals surface area contributed by atoms with E-state index in [2.05, 4.69) is 5.32 Å². The van der Waals surface area contributed by atoms with Crippen LogP contribution in [0.25, 0.3) is 0 Å². The average Bonchev–Trinajstić information content (AvgIpc) is 2.37. The molecule has 1 nitrogen and oxygen atoms in total. The number of anilines is 1. The maximum absolute atomic E-state index is 12.5. The number of benzene rings is 2. The molecule has 0 heterocycles. The highest BCUT2D eigenvalue weighted by Crippen LogP contribution is 2.15. The first-order valence-electron chi connectivity index (χ1n) is 5.41. The number of alkyl halides is 1. The van der Waals surface area contributed by atoms with Crippen molar-refractivity contribution in [3.05, 3.63) is 64.7 Å². The van der Waals surface area contributed by atoms with Crippen LogP contribution < -0.4 is 5.32 Å². The third-order valence-corrected chi connectivity index (χ3v) is 2.70. The third kappa shape index (κ3) is 3.46. The van der Waals surface area contributed by atoms with Gasteiger partial charge in [0.1, 0.15) is 6.67 Å². The Balaban J connectivity index is 2.02. The Morgan fingerprint density at radius 2 is 1.76 bits per heavy atom. The van der Waals surface area contributed by atoms with Crippen molar-refractivity contribution in [3.63, 3.8) is 0 Å².